The third kappa shape index (κ3) is 2.41. The van der Waals surface area contributed by atoms with Crippen molar-refractivity contribution < 1.29 is 0 Å². The number of thioether (sulfide) groups is 1. The van der Waals surface area contributed by atoms with E-state index in [0.29, 0.717) is 0 Å². The Balaban J connectivity index is 2.29. The first-order valence-electron chi connectivity index (χ1n) is 5.29. The SMILES string of the molecule is CCCSc1nnnn1-c1cccc(C)c1. The van der Waals surface area contributed by atoms with E-state index in [-0.39, 0.29) is 0 Å². The van der Waals surface area contributed by atoms with Gasteiger partial charge in [-0.2, -0.15) is 4.68 Å². The van der Waals surface area contributed by atoms with Crippen LogP contribution in [-0.4, -0.2) is 26.0 Å². The van der Waals surface area contributed by atoms with Crippen molar-refractivity contribution in [3.63, 3.8) is 0 Å². The molecule has 0 aliphatic heterocycles. The topological polar surface area (TPSA) is 43.6 Å². The van der Waals surface area contributed by atoms with Gasteiger partial charge in [-0.3, -0.25) is 0 Å². The van der Waals surface area contributed by atoms with Gasteiger partial charge >= 0.3 is 0 Å². The Labute approximate surface area is 99.1 Å². The average molecular weight is 234 g/mol. The van der Waals surface area contributed by atoms with Crippen LogP contribution in [0.25, 0.3) is 5.69 Å². The Morgan fingerprint density at radius 3 is 3.00 bits per heavy atom. The molecular weight excluding hydrogens is 220 g/mol. The molecule has 4 nitrogen and oxygen atoms in total. The first kappa shape index (κ1) is 11.1. The Bertz CT molecular complexity index is 467. The molecule has 0 unspecified atom stereocenters. The van der Waals surface area contributed by atoms with Gasteiger partial charge in [0, 0.05) is 5.75 Å². The summed E-state index contributed by atoms with van der Waals surface area (Å²) < 4.78 is 1.79. The average Bonchev–Trinajstić information content (AvgIpc) is 2.74. The number of aryl methyl sites for hydroxylation is 1. The minimum absolute atomic E-state index is 0.854. The van der Waals surface area contributed by atoms with Crippen LogP contribution in [0.1, 0.15) is 18.9 Å². The molecule has 5 heteroatoms. The second kappa shape index (κ2) is 5.12. The van der Waals surface area contributed by atoms with Crippen molar-refractivity contribution in [2.45, 2.75) is 25.4 Å². The maximum atomic E-state index is 4.02. The van der Waals surface area contributed by atoms with Crippen LogP contribution in [0.4, 0.5) is 0 Å². The van der Waals surface area contributed by atoms with Crippen LogP contribution >= 0.6 is 11.8 Å². The molecule has 0 radical (unpaired) electrons. The zero-order valence-electron chi connectivity index (χ0n) is 9.42. The zero-order chi connectivity index (χ0) is 11.4. The van der Waals surface area contributed by atoms with E-state index in [4.69, 9.17) is 0 Å². The number of nitrogens with zero attached hydrogens (tertiary/aromatic N) is 4. The molecule has 0 aliphatic carbocycles. The molecular formula is C11H14N4S. The molecule has 0 saturated heterocycles. The second-order valence-corrected chi connectivity index (χ2v) is 4.62. The van der Waals surface area contributed by atoms with E-state index in [2.05, 4.69) is 41.5 Å². The van der Waals surface area contributed by atoms with Gasteiger partial charge in [0.15, 0.2) is 0 Å². The van der Waals surface area contributed by atoms with Gasteiger partial charge in [0.1, 0.15) is 0 Å². The molecule has 1 aromatic heterocycles. The largest absolute Gasteiger partial charge is 0.214 e. The van der Waals surface area contributed by atoms with Crippen LogP contribution in [-0.2, 0) is 0 Å². The summed E-state index contributed by atoms with van der Waals surface area (Å²) in [6, 6.07) is 8.17. The summed E-state index contributed by atoms with van der Waals surface area (Å²) in [5.74, 6) is 1.03. The third-order valence-electron chi connectivity index (χ3n) is 2.12. The van der Waals surface area contributed by atoms with Gasteiger partial charge in [-0.1, -0.05) is 30.8 Å². The van der Waals surface area contributed by atoms with Crippen molar-refractivity contribution in [3.8, 4) is 5.69 Å². The molecule has 1 aromatic carbocycles. The second-order valence-electron chi connectivity index (χ2n) is 3.56. The first-order valence-corrected chi connectivity index (χ1v) is 6.28. The van der Waals surface area contributed by atoms with Gasteiger partial charge in [0.05, 0.1) is 5.69 Å². The highest BCUT2D eigenvalue weighted by atomic mass is 32.2. The summed E-state index contributed by atoms with van der Waals surface area (Å²) in [5.41, 5.74) is 2.23. The molecule has 0 spiro atoms. The van der Waals surface area contributed by atoms with Crippen molar-refractivity contribution in [2.75, 3.05) is 5.75 Å². The lowest BCUT2D eigenvalue weighted by Gasteiger charge is -2.04. The van der Waals surface area contributed by atoms with Crippen LogP contribution in [0.3, 0.4) is 0 Å². The summed E-state index contributed by atoms with van der Waals surface area (Å²) in [5, 5.41) is 12.6. The van der Waals surface area contributed by atoms with Crippen molar-refractivity contribution in [1.82, 2.24) is 20.2 Å². The molecule has 0 fully saturated rings. The van der Waals surface area contributed by atoms with Crippen molar-refractivity contribution in [2.24, 2.45) is 0 Å². The van der Waals surface area contributed by atoms with Gasteiger partial charge in [-0.15, -0.1) is 5.10 Å². The standard InChI is InChI=1S/C11H14N4S/c1-3-7-16-11-12-13-14-15(11)10-6-4-5-9(2)8-10/h4-6,8H,3,7H2,1-2H3. The summed E-state index contributed by atoms with van der Waals surface area (Å²) >= 11 is 1.68. The van der Waals surface area contributed by atoms with E-state index in [1.54, 1.807) is 16.4 Å². The van der Waals surface area contributed by atoms with Gasteiger partial charge in [0.25, 0.3) is 0 Å². The lowest BCUT2D eigenvalue weighted by molar-refractivity contribution is 0.755. The van der Waals surface area contributed by atoms with Crippen LogP contribution < -0.4 is 0 Å². The van der Waals surface area contributed by atoms with Crippen molar-refractivity contribution in [3.05, 3.63) is 29.8 Å². The minimum atomic E-state index is 0.854. The molecule has 2 aromatic rings. The minimum Gasteiger partial charge on any atom is -0.188 e. The molecule has 16 heavy (non-hydrogen) atoms. The van der Waals surface area contributed by atoms with E-state index in [1.165, 1.54) is 5.56 Å². The maximum absolute atomic E-state index is 4.02. The fraction of sp³-hybridized carbons (Fsp3) is 0.364. The zero-order valence-corrected chi connectivity index (χ0v) is 10.2. The lowest BCUT2D eigenvalue weighted by atomic mass is 10.2. The van der Waals surface area contributed by atoms with Crippen LogP contribution in [0.2, 0.25) is 0 Å². The fourth-order valence-corrected chi connectivity index (χ4v) is 2.13. The molecule has 0 atom stereocenters. The number of benzene rings is 1. The predicted molar refractivity (Wildman–Crippen MR) is 64.9 cm³/mol. The van der Waals surface area contributed by atoms with E-state index < -0.39 is 0 Å². The highest BCUT2D eigenvalue weighted by molar-refractivity contribution is 7.99. The Morgan fingerprint density at radius 2 is 2.25 bits per heavy atom. The van der Waals surface area contributed by atoms with Crippen LogP contribution in [0, 0.1) is 6.92 Å². The summed E-state index contributed by atoms with van der Waals surface area (Å²) in [7, 11) is 0. The third-order valence-corrected chi connectivity index (χ3v) is 3.25. The molecule has 0 saturated carbocycles. The molecule has 0 aliphatic rings. The van der Waals surface area contributed by atoms with Crippen molar-refractivity contribution in [1.29, 1.82) is 0 Å². The first-order chi connectivity index (χ1) is 7.81. The Hall–Kier alpha value is -1.36. The van der Waals surface area contributed by atoms with Gasteiger partial charge in [0.2, 0.25) is 5.16 Å². The number of hydrogen-bond donors (Lipinski definition) is 0. The predicted octanol–water partition coefficient (Wildman–Crippen LogP) is 2.47. The summed E-state index contributed by atoms with van der Waals surface area (Å²) in [6.45, 7) is 4.21. The smallest absolute Gasteiger partial charge is 0.188 e. The van der Waals surface area contributed by atoms with Crippen LogP contribution in [0.5, 0.6) is 0 Å². The normalized spacial score (nSPS) is 10.6. The Morgan fingerprint density at radius 1 is 1.38 bits per heavy atom. The summed E-state index contributed by atoms with van der Waals surface area (Å²) in [4.78, 5) is 0. The molecule has 0 N–H and O–H groups in total. The maximum Gasteiger partial charge on any atom is 0.214 e. The molecule has 84 valence electrons. The Kier molecular flexibility index (Phi) is 3.56. The molecule has 2 rings (SSSR count). The number of hydrogen-bond acceptors (Lipinski definition) is 4. The quantitative estimate of drug-likeness (QED) is 0.762. The van der Waals surface area contributed by atoms with E-state index >= 15 is 0 Å². The molecule has 0 amide bonds. The number of aromatic nitrogens is 4. The fourth-order valence-electron chi connectivity index (χ4n) is 1.38. The monoisotopic (exact) mass is 234 g/mol. The highest BCUT2D eigenvalue weighted by Gasteiger charge is 2.07. The van der Waals surface area contributed by atoms with Gasteiger partial charge in [-0.25, -0.2) is 0 Å². The van der Waals surface area contributed by atoms with Crippen molar-refractivity contribution >= 4 is 11.8 Å². The number of rotatable bonds is 4. The van der Waals surface area contributed by atoms with E-state index in [9.17, 15) is 0 Å². The summed E-state index contributed by atoms with van der Waals surface area (Å²) in [6.07, 6.45) is 1.12. The van der Waals surface area contributed by atoms with E-state index in [1.807, 2.05) is 12.1 Å². The lowest BCUT2D eigenvalue weighted by Crippen LogP contribution is -1.99. The number of tetrazole rings is 1. The molecule has 0 bridgehead atoms. The highest BCUT2D eigenvalue weighted by Crippen LogP contribution is 2.19. The van der Waals surface area contributed by atoms with Gasteiger partial charge in [-0.05, 0) is 41.5 Å². The van der Waals surface area contributed by atoms with Crippen LogP contribution in [0.15, 0.2) is 29.4 Å². The van der Waals surface area contributed by atoms with E-state index in [0.717, 1.165) is 23.0 Å². The van der Waals surface area contributed by atoms with Gasteiger partial charge < -0.3 is 0 Å². The molecule has 1 heterocycles.